The Hall–Kier alpha value is -1.35. The van der Waals surface area contributed by atoms with Crippen LogP contribution < -0.4 is 5.32 Å². The summed E-state index contributed by atoms with van der Waals surface area (Å²) in [5, 5.41) is 12.7. The molecular formula is C18H17Br2Cl2N5O. The molecule has 1 unspecified atom stereocenters. The number of nitrogens with zero attached hydrogens (tertiary/aromatic N) is 4. The van der Waals surface area contributed by atoms with Gasteiger partial charge in [0.2, 0.25) is 5.91 Å². The number of anilines is 1. The van der Waals surface area contributed by atoms with E-state index in [0.29, 0.717) is 26.9 Å². The van der Waals surface area contributed by atoms with E-state index in [4.69, 9.17) is 23.2 Å². The number of aromatic nitrogens is 4. The van der Waals surface area contributed by atoms with Crippen molar-refractivity contribution in [1.29, 1.82) is 0 Å². The predicted molar refractivity (Wildman–Crippen MR) is 118 cm³/mol. The third kappa shape index (κ3) is 4.45. The number of carbonyl (C=O) groups excluding carboxylic acids is 1. The first kappa shape index (κ1) is 21.4. The van der Waals surface area contributed by atoms with Crippen molar-refractivity contribution in [2.75, 3.05) is 5.32 Å². The Kier molecular flexibility index (Phi) is 6.54. The topological polar surface area (TPSA) is 64.7 Å². The van der Waals surface area contributed by atoms with Gasteiger partial charge in [0.25, 0.3) is 0 Å². The van der Waals surface area contributed by atoms with E-state index in [1.54, 1.807) is 34.6 Å². The van der Waals surface area contributed by atoms with Gasteiger partial charge in [0, 0.05) is 6.20 Å². The summed E-state index contributed by atoms with van der Waals surface area (Å²) in [5.74, 6) is 0.232. The van der Waals surface area contributed by atoms with Crippen molar-refractivity contribution in [3.8, 4) is 0 Å². The van der Waals surface area contributed by atoms with E-state index >= 15 is 0 Å². The van der Waals surface area contributed by atoms with Gasteiger partial charge in [0.1, 0.15) is 6.04 Å². The molecule has 0 spiro atoms. The van der Waals surface area contributed by atoms with Crippen LogP contribution in [0.5, 0.6) is 0 Å². The number of carbonyl (C=O) groups is 1. The molecule has 1 amide bonds. The van der Waals surface area contributed by atoms with Crippen molar-refractivity contribution in [3.05, 3.63) is 60.3 Å². The van der Waals surface area contributed by atoms with Crippen molar-refractivity contribution in [1.82, 2.24) is 19.6 Å². The van der Waals surface area contributed by atoms with Crippen LogP contribution in [0.4, 0.5) is 5.82 Å². The highest BCUT2D eigenvalue weighted by Gasteiger charge is 2.22. The first-order valence-corrected chi connectivity index (χ1v) is 10.7. The first-order chi connectivity index (χ1) is 13.2. The largest absolute Gasteiger partial charge is 0.306 e. The van der Waals surface area contributed by atoms with Crippen molar-refractivity contribution in [3.63, 3.8) is 0 Å². The van der Waals surface area contributed by atoms with E-state index < -0.39 is 6.04 Å². The lowest BCUT2D eigenvalue weighted by Gasteiger charge is -2.13. The fourth-order valence-corrected chi connectivity index (χ4v) is 3.74. The molecule has 0 bridgehead atoms. The fourth-order valence-electron chi connectivity index (χ4n) is 2.74. The second-order valence-corrected chi connectivity index (χ2v) is 8.83. The maximum Gasteiger partial charge on any atom is 0.250 e. The van der Waals surface area contributed by atoms with Gasteiger partial charge in [-0.05, 0) is 70.3 Å². The highest BCUT2D eigenvalue weighted by Crippen LogP contribution is 2.26. The van der Waals surface area contributed by atoms with Crippen LogP contribution in [0.3, 0.4) is 0 Å². The number of hydrogen-bond donors (Lipinski definition) is 1. The van der Waals surface area contributed by atoms with E-state index in [9.17, 15) is 4.79 Å². The van der Waals surface area contributed by atoms with Gasteiger partial charge in [-0.1, -0.05) is 29.3 Å². The van der Waals surface area contributed by atoms with Crippen LogP contribution >= 0.6 is 55.1 Å². The smallest absolute Gasteiger partial charge is 0.250 e. The van der Waals surface area contributed by atoms with Gasteiger partial charge in [0.15, 0.2) is 5.82 Å². The second-order valence-electron chi connectivity index (χ2n) is 6.37. The molecule has 0 fully saturated rings. The summed E-state index contributed by atoms with van der Waals surface area (Å²) in [6, 6.07) is 4.93. The molecule has 0 radical (unpaired) electrons. The minimum absolute atomic E-state index is 0.210. The molecule has 0 saturated heterocycles. The van der Waals surface area contributed by atoms with E-state index in [2.05, 4.69) is 47.4 Å². The highest BCUT2D eigenvalue weighted by molar-refractivity contribution is 9.11. The van der Waals surface area contributed by atoms with E-state index in [0.717, 1.165) is 21.4 Å². The molecule has 28 heavy (non-hydrogen) atoms. The first-order valence-electron chi connectivity index (χ1n) is 8.36. The van der Waals surface area contributed by atoms with Gasteiger partial charge in [-0.2, -0.15) is 10.2 Å². The summed E-state index contributed by atoms with van der Waals surface area (Å²) in [6.45, 7) is 6.09. The van der Waals surface area contributed by atoms with Gasteiger partial charge in [-0.15, -0.1) is 0 Å². The lowest BCUT2D eigenvalue weighted by Crippen LogP contribution is -2.25. The van der Waals surface area contributed by atoms with Gasteiger partial charge < -0.3 is 5.32 Å². The van der Waals surface area contributed by atoms with E-state index in [-0.39, 0.29) is 5.91 Å². The Morgan fingerprint density at radius 3 is 2.54 bits per heavy atom. The Balaban J connectivity index is 1.74. The number of halogens is 4. The van der Waals surface area contributed by atoms with Gasteiger partial charge in [-0.25, -0.2) is 0 Å². The zero-order valence-corrected chi connectivity index (χ0v) is 20.0. The van der Waals surface area contributed by atoms with Crippen molar-refractivity contribution in [2.24, 2.45) is 0 Å². The predicted octanol–water partition coefficient (Wildman–Crippen LogP) is 5.78. The molecule has 1 atom stereocenters. The number of aryl methyl sites for hydroxylation is 1. The van der Waals surface area contributed by atoms with E-state index in [1.165, 1.54) is 0 Å². The average Bonchev–Trinajstić information content (AvgIpc) is 3.11. The third-order valence-corrected chi connectivity index (χ3v) is 6.74. The van der Waals surface area contributed by atoms with Crippen LogP contribution in [0.1, 0.15) is 29.9 Å². The average molecular weight is 550 g/mol. The normalized spacial score (nSPS) is 12.2. The minimum atomic E-state index is -0.489. The minimum Gasteiger partial charge on any atom is -0.306 e. The quantitative estimate of drug-likeness (QED) is 0.439. The van der Waals surface area contributed by atoms with Crippen LogP contribution in [-0.4, -0.2) is 25.5 Å². The van der Waals surface area contributed by atoms with Crippen molar-refractivity contribution >= 4 is 66.8 Å². The zero-order chi connectivity index (χ0) is 20.6. The maximum atomic E-state index is 12.7. The monoisotopic (exact) mass is 547 g/mol. The molecule has 3 aromatic rings. The zero-order valence-electron chi connectivity index (χ0n) is 15.3. The van der Waals surface area contributed by atoms with E-state index in [1.807, 2.05) is 19.9 Å². The summed E-state index contributed by atoms with van der Waals surface area (Å²) in [6.07, 6.45) is 1.79. The molecule has 10 heteroatoms. The molecule has 6 nitrogen and oxygen atoms in total. The summed E-state index contributed by atoms with van der Waals surface area (Å²) in [5.41, 5.74) is 2.68. The molecular weight excluding hydrogens is 533 g/mol. The lowest BCUT2D eigenvalue weighted by atomic mass is 10.2. The SMILES string of the molecule is Cc1nn(C(C)C(=O)Nc2nn(Cc3ccc(Cl)c(Cl)c3)cc2Br)c(C)c1Br. The Bertz CT molecular complexity index is 1050. The molecule has 148 valence electrons. The molecule has 2 aromatic heterocycles. The van der Waals surface area contributed by atoms with Crippen LogP contribution in [0.15, 0.2) is 33.3 Å². The Morgan fingerprint density at radius 1 is 1.21 bits per heavy atom. The number of rotatable bonds is 5. The fraction of sp³-hybridized carbons (Fsp3) is 0.278. The number of benzene rings is 1. The standard InChI is InChI=1S/C18H17Br2Cl2N5O/c1-9-16(20)10(2)27(24-9)11(3)18(28)23-17-13(19)8-26(25-17)7-12-4-5-14(21)15(22)6-12/h4-6,8,11H,7H2,1-3H3,(H,23,25,28). The second kappa shape index (κ2) is 8.57. The molecule has 0 aliphatic rings. The van der Waals surface area contributed by atoms with Crippen LogP contribution in [-0.2, 0) is 11.3 Å². The Morgan fingerprint density at radius 2 is 1.93 bits per heavy atom. The molecule has 2 heterocycles. The van der Waals surface area contributed by atoms with Gasteiger partial charge >= 0.3 is 0 Å². The summed E-state index contributed by atoms with van der Waals surface area (Å²) >= 11 is 18.9. The van der Waals surface area contributed by atoms with Crippen molar-refractivity contribution in [2.45, 2.75) is 33.4 Å². The molecule has 0 saturated carbocycles. The van der Waals surface area contributed by atoms with Crippen molar-refractivity contribution < 1.29 is 4.79 Å². The van der Waals surface area contributed by atoms with Crippen LogP contribution in [0, 0.1) is 13.8 Å². The molecule has 0 aliphatic heterocycles. The number of nitrogens with one attached hydrogen (secondary N) is 1. The molecule has 1 aromatic carbocycles. The molecule has 1 N–H and O–H groups in total. The third-order valence-electron chi connectivity index (χ3n) is 4.27. The van der Waals surface area contributed by atoms with Gasteiger partial charge in [0.05, 0.1) is 36.9 Å². The van der Waals surface area contributed by atoms with Gasteiger partial charge in [-0.3, -0.25) is 14.2 Å². The Labute approximate surface area is 189 Å². The summed E-state index contributed by atoms with van der Waals surface area (Å²) in [7, 11) is 0. The number of amides is 1. The number of hydrogen-bond acceptors (Lipinski definition) is 3. The summed E-state index contributed by atoms with van der Waals surface area (Å²) < 4.78 is 4.99. The highest BCUT2D eigenvalue weighted by atomic mass is 79.9. The molecule has 0 aliphatic carbocycles. The maximum absolute atomic E-state index is 12.7. The van der Waals surface area contributed by atoms with Crippen LogP contribution in [0.2, 0.25) is 10.0 Å². The molecule has 3 rings (SSSR count). The lowest BCUT2D eigenvalue weighted by molar-refractivity contribution is -0.119. The summed E-state index contributed by atoms with van der Waals surface area (Å²) in [4.78, 5) is 12.7. The van der Waals surface area contributed by atoms with Crippen LogP contribution in [0.25, 0.3) is 0 Å².